The lowest BCUT2D eigenvalue weighted by atomic mass is 10.1. The van der Waals surface area contributed by atoms with Gasteiger partial charge in [-0.05, 0) is 25.7 Å². The molecule has 2 atom stereocenters. The van der Waals surface area contributed by atoms with Gasteiger partial charge in [0.15, 0.2) is 5.17 Å². The molecular formula is C12H24N2S. The minimum atomic E-state index is 0.569. The predicted octanol–water partition coefficient (Wildman–Crippen LogP) is 3.28. The van der Waals surface area contributed by atoms with Crippen LogP contribution in [0.1, 0.15) is 47.0 Å². The second-order valence-electron chi connectivity index (χ2n) is 4.85. The van der Waals surface area contributed by atoms with Gasteiger partial charge in [-0.2, -0.15) is 0 Å². The van der Waals surface area contributed by atoms with Crippen LogP contribution in [0.15, 0.2) is 4.99 Å². The molecule has 0 amide bonds. The first kappa shape index (κ1) is 12.9. The van der Waals surface area contributed by atoms with Crippen molar-refractivity contribution in [3.63, 3.8) is 0 Å². The Morgan fingerprint density at radius 1 is 1.47 bits per heavy atom. The lowest BCUT2D eigenvalue weighted by molar-refractivity contribution is 0.574. The molecule has 0 bridgehead atoms. The Morgan fingerprint density at radius 2 is 2.20 bits per heavy atom. The number of hydrogen-bond acceptors (Lipinski definition) is 3. The molecule has 0 fully saturated rings. The number of hydrogen-bond donors (Lipinski definition) is 1. The zero-order chi connectivity index (χ0) is 11.3. The summed E-state index contributed by atoms with van der Waals surface area (Å²) in [6.45, 7) is 10.0. The van der Waals surface area contributed by atoms with E-state index in [1.165, 1.54) is 24.4 Å². The fourth-order valence-electron chi connectivity index (χ4n) is 1.86. The molecule has 15 heavy (non-hydrogen) atoms. The van der Waals surface area contributed by atoms with Crippen molar-refractivity contribution in [3.05, 3.63) is 0 Å². The van der Waals surface area contributed by atoms with Gasteiger partial charge in [-0.1, -0.05) is 39.0 Å². The summed E-state index contributed by atoms with van der Waals surface area (Å²) in [5, 5.41) is 5.37. The molecule has 1 aliphatic heterocycles. The fraction of sp³-hybridized carbons (Fsp3) is 0.917. The molecule has 0 spiro atoms. The topological polar surface area (TPSA) is 24.4 Å². The Labute approximate surface area is 98.3 Å². The molecule has 0 radical (unpaired) electrons. The van der Waals surface area contributed by atoms with E-state index in [0.29, 0.717) is 11.3 Å². The third-order valence-electron chi connectivity index (χ3n) is 2.54. The number of aliphatic imine (C=N–C) groups is 1. The van der Waals surface area contributed by atoms with E-state index in [4.69, 9.17) is 0 Å². The van der Waals surface area contributed by atoms with Crippen molar-refractivity contribution < 1.29 is 0 Å². The van der Waals surface area contributed by atoms with Gasteiger partial charge in [-0.15, -0.1) is 0 Å². The zero-order valence-corrected chi connectivity index (χ0v) is 11.2. The molecule has 1 heterocycles. The maximum absolute atomic E-state index is 4.56. The van der Waals surface area contributed by atoms with Gasteiger partial charge >= 0.3 is 0 Å². The molecular weight excluding hydrogens is 204 g/mol. The van der Waals surface area contributed by atoms with Crippen molar-refractivity contribution in [3.8, 4) is 0 Å². The average molecular weight is 228 g/mol. The smallest absolute Gasteiger partial charge is 0.157 e. The number of amidine groups is 1. The number of rotatable bonds is 5. The van der Waals surface area contributed by atoms with Gasteiger partial charge in [0.2, 0.25) is 0 Å². The van der Waals surface area contributed by atoms with Gasteiger partial charge in [0, 0.05) is 11.3 Å². The van der Waals surface area contributed by atoms with Crippen molar-refractivity contribution >= 4 is 16.9 Å². The van der Waals surface area contributed by atoms with E-state index in [0.717, 1.165) is 12.5 Å². The summed E-state index contributed by atoms with van der Waals surface area (Å²) in [5.74, 6) is 0.783. The van der Waals surface area contributed by atoms with E-state index in [1.54, 1.807) is 0 Å². The fourth-order valence-corrected chi connectivity index (χ4v) is 3.23. The minimum absolute atomic E-state index is 0.569. The average Bonchev–Trinajstić information content (AvgIpc) is 2.51. The van der Waals surface area contributed by atoms with Crippen molar-refractivity contribution in [1.82, 2.24) is 5.32 Å². The van der Waals surface area contributed by atoms with E-state index < -0.39 is 0 Å². The molecule has 0 saturated heterocycles. The summed E-state index contributed by atoms with van der Waals surface area (Å²) in [6.07, 6.45) is 3.75. The third-order valence-corrected chi connectivity index (χ3v) is 3.69. The molecule has 2 unspecified atom stereocenters. The van der Waals surface area contributed by atoms with Crippen LogP contribution in [0.2, 0.25) is 0 Å². The van der Waals surface area contributed by atoms with Crippen molar-refractivity contribution in [1.29, 1.82) is 0 Å². The standard InChI is InChI=1S/C12H24N2S/c1-5-6-10(4)14-12-13-8-11(15-12)7-9(2)3/h9-11H,5-8H2,1-4H3,(H,13,14). The largest absolute Gasteiger partial charge is 0.362 e. The highest BCUT2D eigenvalue weighted by atomic mass is 32.2. The van der Waals surface area contributed by atoms with Gasteiger partial charge in [-0.25, -0.2) is 0 Å². The SMILES string of the molecule is CCCC(C)NC1=NCC(CC(C)C)S1. The van der Waals surface area contributed by atoms with Gasteiger partial charge in [-0.3, -0.25) is 4.99 Å². The molecule has 0 aromatic rings. The Hall–Kier alpha value is -0.180. The summed E-state index contributed by atoms with van der Waals surface area (Å²) < 4.78 is 0. The van der Waals surface area contributed by atoms with E-state index in [-0.39, 0.29) is 0 Å². The molecule has 88 valence electrons. The second kappa shape index (κ2) is 6.41. The predicted molar refractivity (Wildman–Crippen MR) is 70.6 cm³/mol. The van der Waals surface area contributed by atoms with Crippen LogP contribution in [-0.4, -0.2) is 23.0 Å². The number of thioether (sulfide) groups is 1. The molecule has 1 aliphatic rings. The Balaban J connectivity index is 2.23. The molecule has 0 aromatic carbocycles. The first-order chi connectivity index (χ1) is 7.11. The highest BCUT2D eigenvalue weighted by molar-refractivity contribution is 8.14. The van der Waals surface area contributed by atoms with Crippen LogP contribution in [0.5, 0.6) is 0 Å². The van der Waals surface area contributed by atoms with Crippen LogP contribution in [0, 0.1) is 5.92 Å². The lowest BCUT2D eigenvalue weighted by Gasteiger charge is -2.15. The molecule has 0 aromatic heterocycles. The van der Waals surface area contributed by atoms with Crippen LogP contribution in [0.4, 0.5) is 0 Å². The Kier molecular flexibility index (Phi) is 5.51. The Bertz CT molecular complexity index is 214. The lowest BCUT2D eigenvalue weighted by Crippen LogP contribution is -2.29. The molecule has 1 N–H and O–H groups in total. The van der Waals surface area contributed by atoms with E-state index >= 15 is 0 Å². The van der Waals surface area contributed by atoms with Crippen molar-refractivity contribution in [2.75, 3.05) is 6.54 Å². The van der Waals surface area contributed by atoms with Crippen molar-refractivity contribution in [2.24, 2.45) is 10.9 Å². The minimum Gasteiger partial charge on any atom is -0.362 e. The van der Waals surface area contributed by atoms with Crippen LogP contribution in [0.25, 0.3) is 0 Å². The van der Waals surface area contributed by atoms with Gasteiger partial charge in [0.1, 0.15) is 0 Å². The zero-order valence-electron chi connectivity index (χ0n) is 10.4. The molecule has 2 nitrogen and oxygen atoms in total. The molecule has 0 saturated carbocycles. The first-order valence-electron chi connectivity index (χ1n) is 6.09. The van der Waals surface area contributed by atoms with Gasteiger partial charge in [0.25, 0.3) is 0 Å². The first-order valence-corrected chi connectivity index (χ1v) is 6.97. The highest BCUT2D eigenvalue weighted by Crippen LogP contribution is 2.25. The quantitative estimate of drug-likeness (QED) is 0.781. The summed E-state index contributed by atoms with van der Waals surface area (Å²) in [5.41, 5.74) is 0. The molecule has 0 aliphatic carbocycles. The van der Waals surface area contributed by atoms with Crippen LogP contribution < -0.4 is 5.32 Å². The van der Waals surface area contributed by atoms with E-state index in [9.17, 15) is 0 Å². The van der Waals surface area contributed by atoms with Gasteiger partial charge in [0.05, 0.1) is 6.54 Å². The van der Waals surface area contributed by atoms with Crippen LogP contribution in [-0.2, 0) is 0 Å². The monoisotopic (exact) mass is 228 g/mol. The summed E-state index contributed by atoms with van der Waals surface area (Å²) >= 11 is 1.93. The normalized spacial score (nSPS) is 23.0. The van der Waals surface area contributed by atoms with E-state index in [1.807, 2.05) is 11.8 Å². The summed E-state index contributed by atoms with van der Waals surface area (Å²) in [7, 11) is 0. The van der Waals surface area contributed by atoms with Gasteiger partial charge < -0.3 is 5.32 Å². The number of nitrogens with zero attached hydrogens (tertiary/aromatic N) is 1. The highest BCUT2D eigenvalue weighted by Gasteiger charge is 2.21. The van der Waals surface area contributed by atoms with Crippen LogP contribution >= 0.6 is 11.8 Å². The summed E-state index contributed by atoms with van der Waals surface area (Å²) in [4.78, 5) is 4.56. The maximum Gasteiger partial charge on any atom is 0.157 e. The third kappa shape index (κ3) is 4.92. The number of nitrogens with one attached hydrogen (secondary N) is 1. The summed E-state index contributed by atoms with van der Waals surface area (Å²) in [6, 6.07) is 0.569. The van der Waals surface area contributed by atoms with Crippen LogP contribution in [0.3, 0.4) is 0 Å². The molecule has 1 rings (SSSR count). The molecule has 3 heteroatoms. The Morgan fingerprint density at radius 3 is 2.80 bits per heavy atom. The van der Waals surface area contributed by atoms with E-state index in [2.05, 4.69) is 38.0 Å². The maximum atomic E-state index is 4.56. The second-order valence-corrected chi connectivity index (χ2v) is 6.14. The van der Waals surface area contributed by atoms with Crippen molar-refractivity contribution in [2.45, 2.75) is 58.2 Å².